The van der Waals surface area contributed by atoms with E-state index in [1.54, 1.807) is 6.26 Å². The van der Waals surface area contributed by atoms with Gasteiger partial charge in [0.15, 0.2) is 0 Å². The normalized spacial score (nSPS) is 10.7. The average molecular weight is 255 g/mol. The zero-order valence-electron chi connectivity index (χ0n) is 7.90. The van der Waals surface area contributed by atoms with Gasteiger partial charge in [-0.25, -0.2) is 4.98 Å². The van der Waals surface area contributed by atoms with Crippen LogP contribution >= 0.6 is 15.9 Å². The van der Waals surface area contributed by atoms with Crippen LogP contribution in [0.15, 0.2) is 33.6 Å². The third kappa shape index (κ3) is 1.75. The largest absolute Gasteiger partial charge is 0.469 e. The van der Waals surface area contributed by atoms with Gasteiger partial charge in [0, 0.05) is 6.54 Å². The van der Waals surface area contributed by atoms with Gasteiger partial charge in [-0.3, -0.25) is 0 Å². The molecule has 0 N–H and O–H groups in total. The topological polar surface area (TPSA) is 31.0 Å². The molecule has 0 saturated heterocycles. The number of furan rings is 1. The molecule has 0 unspecified atom stereocenters. The fourth-order valence-corrected chi connectivity index (χ4v) is 1.99. The Morgan fingerprint density at radius 3 is 3.07 bits per heavy atom. The summed E-state index contributed by atoms with van der Waals surface area (Å²) in [6.07, 6.45) is 4.25. The summed E-state index contributed by atoms with van der Waals surface area (Å²) in [5.74, 6) is 1.96. The van der Waals surface area contributed by atoms with Crippen molar-refractivity contribution in [1.29, 1.82) is 0 Å². The monoisotopic (exact) mass is 254 g/mol. The lowest BCUT2D eigenvalue weighted by Crippen LogP contribution is -2.02. The van der Waals surface area contributed by atoms with Crippen LogP contribution in [0.3, 0.4) is 0 Å². The Morgan fingerprint density at radius 1 is 1.57 bits per heavy atom. The molecule has 0 atom stereocenters. The second-order valence-electron chi connectivity index (χ2n) is 3.00. The molecule has 0 saturated carbocycles. The number of halogens is 1. The van der Waals surface area contributed by atoms with E-state index in [4.69, 9.17) is 4.42 Å². The molecule has 0 radical (unpaired) electrons. The van der Waals surface area contributed by atoms with Crippen molar-refractivity contribution >= 4 is 15.9 Å². The van der Waals surface area contributed by atoms with Gasteiger partial charge in [-0.2, -0.15) is 0 Å². The van der Waals surface area contributed by atoms with Crippen LogP contribution in [0.1, 0.15) is 18.5 Å². The van der Waals surface area contributed by atoms with E-state index in [2.05, 4.69) is 32.4 Å². The molecule has 0 bridgehead atoms. The first-order valence-corrected chi connectivity index (χ1v) is 5.33. The van der Waals surface area contributed by atoms with Crippen LogP contribution in [0.2, 0.25) is 0 Å². The molecule has 0 aliphatic heterocycles. The highest BCUT2D eigenvalue weighted by atomic mass is 79.9. The molecule has 0 aromatic carbocycles. The summed E-state index contributed by atoms with van der Waals surface area (Å²) in [5.41, 5.74) is 0. The molecule has 14 heavy (non-hydrogen) atoms. The van der Waals surface area contributed by atoms with Crippen LogP contribution in [-0.2, 0) is 13.0 Å². The van der Waals surface area contributed by atoms with Gasteiger partial charge in [-0.05, 0) is 35.0 Å². The molecule has 4 heteroatoms. The summed E-state index contributed by atoms with van der Waals surface area (Å²) in [7, 11) is 0. The molecule has 2 heterocycles. The quantitative estimate of drug-likeness (QED) is 0.844. The van der Waals surface area contributed by atoms with Gasteiger partial charge in [0.1, 0.15) is 16.2 Å². The number of hydrogen-bond donors (Lipinski definition) is 0. The minimum absolute atomic E-state index is 0.742. The highest BCUT2D eigenvalue weighted by Gasteiger charge is 2.08. The zero-order valence-corrected chi connectivity index (χ0v) is 9.49. The first kappa shape index (κ1) is 9.52. The summed E-state index contributed by atoms with van der Waals surface area (Å²) in [4.78, 5) is 4.32. The summed E-state index contributed by atoms with van der Waals surface area (Å²) in [5, 5.41) is 0. The van der Waals surface area contributed by atoms with Gasteiger partial charge in [0.05, 0.1) is 18.9 Å². The van der Waals surface area contributed by atoms with Crippen molar-refractivity contribution in [2.24, 2.45) is 0 Å². The van der Waals surface area contributed by atoms with E-state index in [-0.39, 0.29) is 0 Å². The maximum atomic E-state index is 5.28. The van der Waals surface area contributed by atoms with Gasteiger partial charge in [-0.1, -0.05) is 0 Å². The standard InChI is InChI=1S/C10H11BrN2O/c1-2-13-9(11)7-12-10(13)6-8-4-3-5-14-8/h3-5,7H,2,6H2,1H3. The molecule has 2 aromatic rings. The van der Waals surface area contributed by atoms with Gasteiger partial charge in [0.2, 0.25) is 0 Å². The Bertz CT molecular complexity index is 406. The summed E-state index contributed by atoms with van der Waals surface area (Å²) in [6.45, 7) is 3.01. The average Bonchev–Trinajstić information content (AvgIpc) is 2.77. The molecule has 0 aliphatic rings. The van der Waals surface area contributed by atoms with E-state index in [0.717, 1.165) is 29.2 Å². The smallest absolute Gasteiger partial charge is 0.117 e. The van der Waals surface area contributed by atoms with Crippen molar-refractivity contribution in [2.45, 2.75) is 19.9 Å². The van der Waals surface area contributed by atoms with Crippen molar-refractivity contribution in [3.63, 3.8) is 0 Å². The minimum atomic E-state index is 0.742. The lowest BCUT2D eigenvalue weighted by atomic mass is 10.3. The number of nitrogens with zero attached hydrogens (tertiary/aromatic N) is 2. The van der Waals surface area contributed by atoms with E-state index < -0.39 is 0 Å². The molecular formula is C10H11BrN2O. The lowest BCUT2D eigenvalue weighted by molar-refractivity contribution is 0.512. The molecule has 0 amide bonds. The van der Waals surface area contributed by atoms with Crippen LogP contribution < -0.4 is 0 Å². The van der Waals surface area contributed by atoms with Crippen LogP contribution in [-0.4, -0.2) is 9.55 Å². The van der Waals surface area contributed by atoms with Crippen molar-refractivity contribution in [3.05, 3.63) is 40.8 Å². The zero-order chi connectivity index (χ0) is 9.97. The van der Waals surface area contributed by atoms with Crippen LogP contribution in [0.25, 0.3) is 0 Å². The lowest BCUT2D eigenvalue weighted by Gasteiger charge is -2.03. The molecular weight excluding hydrogens is 244 g/mol. The third-order valence-electron chi connectivity index (χ3n) is 2.12. The number of aromatic nitrogens is 2. The Balaban J connectivity index is 2.25. The van der Waals surface area contributed by atoms with E-state index in [0.29, 0.717) is 0 Å². The molecule has 3 nitrogen and oxygen atoms in total. The molecule has 2 rings (SSSR count). The van der Waals surface area contributed by atoms with Gasteiger partial charge < -0.3 is 8.98 Å². The SMILES string of the molecule is CCn1c(Br)cnc1Cc1ccco1. The second-order valence-corrected chi connectivity index (χ2v) is 3.81. The second kappa shape index (κ2) is 4.00. The first-order chi connectivity index (χ1) is 6.81. The summed E-state index contributed by atoms with van der Waals surface area (Å²) in [6, 6.07) is 3.85. The highest BCUT2D eigenvalue weighted by molar-refractivity contribution is 9.10. The summed E-state index contributed by atoms with van der Waals surface area (Å²) >= 11 is 3.45. The van der Waals surface area contributed by atoms with E-state index in [1.165, 1.54) is 0 Å². The predicted octanol–water partition coefficient (Wildman–Crippen LogP) is 2.85. The Hall–Kier alpha value is -1.03. The van der Waals surface area contributed by atoms with Crippen LogP contribution in [0, 0.1) is 0 Å². The van der Waals surface area contributed by atoms with Crippen LogP contribution in [0.5, 0.6) is 0 Å². The van der Waals surface area contributed by atoms with E-state index >= 15 is 0 Å². The van der Waals surface area contributed by atoms with E-state index in [9.17, 15) is 0 Å². The maximum Gasteiger partial charge on any atom is 0.117 e. The fourth-order valence-electron chi connectivity index (χ4n) is 1.43. The Kier molecular flexibility index (Phi) is 2.72. The van der Waals surface area contributed by atoms with Crippen molar-refractivity contribution < 1.29 is 4.42 Å². The van der Waals surface area contributed by atoms with Gasteiger partial charge >= 0.3 is 0 Å². The number of hydrogen-bond acceptors (Lipinski definition) is 2. The number of imidazole rings is 1. The highest BCUT2D eigenvalue weighted by Crippen LogP contribution is 2.15. The molecule has 0 spiro atoms. The fraction of sp³-hybridized carbons (Fsp3) is 0.300. The van der Waals surface area contributed by atoms with Crippen LogP contribution in [0.4, 0.5) is 0 Å². The first-order valence-electron chi connectivity index (χ1n) is 4.53. The maximum absolute atomic E-state index is 5.28. The van der Waals surface area contributed by atoms with E-state index in [1.807, 2.05) is 18.3 Å². The Labute approximate surface area is 90.9 Å². The third-order valence-corrected chi connectivity index (χ3v) is 2.75. The minimum Gasteiger partial charge on any atom is -0.469 e. The molecule has 2 aromatic heterocycles. The Morgan fingerprint density at radius 2 is 2.43 bits per heavy atom. The number of rotatable bonds is 3. The van der Waals surface area contributed by atoms with Gasteiger partial charge in [0.25, 0.3) is 0 Å². The molecule has 0 aliphatic carbocycles. The van der Waals surface area contributed by atoms with Crippen molar-refractivity contribution in [1.82, 2.24) is 9.55 Å². The molecule has 74 valence electrons. The van der Waals surface area contributed by atoms with Crippen molar-refractivity contribution in [2.75, 3.05) is 0 Å². The predicted molar refractivity (Wildman–Crippen MR) is 57.1 cm³/mol. The van der Waals surface area contributed by atoms with Gasteiger partial charge in [-0.15, -0.1) is 0 Å². The molecule has 0 fully saturated rings. The van der Waals surface area contributed by atoms with Crippen molar-refractivity contribution in [3.8, 4) is 0 Å². The summed E-state index contributed by atoms with van der Waals surface area (Å²) < 4.78 is 8.41.